The lowest BCUT2D eigenvalue weighted by Gasteiger charge is -2.32. The summed E-state index contributed by atoms with van der Waals surface area (Å²) in [5.74, 6) is 1.09. The minimum absolute atomic E-state index is 0.0250. The lowest BCUT2D eigenvalue weighted by Crippen LogP contribution is -2.49. The van der Waals surface area contributed by atoms with Gasteiger partial charge in [-0.1, -0.05) is 13.3 Å². The third kappa shape index (κ3) is 3.05. The molecule has 2 amide bonds. The highest BCUT2D eigenvalue weighted by Crippen LogP contribution is 2.37. The molecule has 2 N–H and O–H groups in total. The number of allylic oxidation sites excluding steroid dienone is 1. The first-order valence-electron chi connectivity index (χ1n) is 8.63. The van der Waals surface area contributed by atoms with E-state index in [0.29, 0.717) is 18.8 Å². The zero-order chi connectivity index (χ0) is 15.7. The second-order valence-corrected chi connectivity index (χ2v) is 6.99. The van der Waals surface area contributed by atoms with Crippen molar-refractivity contribution in [2.75, 3.05) is 7.05 Å². The Kier molecular flexibility index (Phi) is 4.52. The van der Waals surface area contributed by atoms with E-state index in [4.69, 9.17) is 0 Å². The number of carbonyl (C=O) groups excluding carboxylic acids is 2. The van der Waals surface area contributed by atoms with Gasteiger partial charge in [0.1, 0.15) is 0 Å². The molecule has 0 aromatic carbocycles. The minimum Gasteiger partial charge on any atom is -0.315 e. The van der Waals surface area contributed by atoms with Gasteiger partial charge in [-0.05, 0) is 44.1 Å². The van der Waals surface area contributed by atoms with E-state index in [1.807, 2.05) is 7.05 Å². The second kappa shape index (κ2) is 6.41. The zero-order valence-corrected chi connectivity index (χ0v) is 13.6. The van der Waals surface area contributed by atoms with E-state index in [-0.39, 0.29) is 23.8 Å². The smallest absolute Gasteiger partial charge is 0.231 e. The van der Waals surface area contributed by atoms with Gasteiger partial charge in [0.25, 0.3) is 0 Å². The Morgan fingerprint density at radius 1 is 1.18 bits per heavy atom. The molecular formula is C17H27N3O2. The molecule has 0 radical (unpaired) electrons. The molecule has 1 aliphatic carbocycles. The van der Waals surface area contributed by atoms with E-state index in [0.717, 1.165) is 5.92 Å². The van der Waals surface area contributed by atoms with Crippen LogP contribution in [-0.4, -0.2) is 29.9 Å². The number of nitrogens with zero attached hydrogens (tertiary/aromatic N) is 1. The molecule has 2 heterocycles. The number of piperidine rings is 1. The van der Waals surface area contributed by atoms with Gasteiger partial charge in [-0.2, -0.15) is 0 Å². The van der Waals surface area contributed by atoms with Crippen LogP contribution in [0.5, 0.6) is 0 Å². The van der Waals surface area contributed by atoms with Gasteiger partial charge in [0.05, 0.1) is 12.0 Å². The lowest BCUT2D eigenvalue weighted by molar-refractivity contribution is -0.136. The van der Waals surface area contributed by atoms with E-state index >= 15 is 0 Å². The SMILES string of the molecule is CCC1CCC(C2=CC(C3CCC(=O)NC3=O)NN2C)CC1. The molecule has 122 valence electrons. The van der Waals surface area contributed by atoms with E-state index in [1.54, 1.807) is 0 Å². The molecule has 5 nitrogen and oxygen atoms in total. The molecular weight excluding hydrogens is 278 g/mol. The van der Waals surface area contributed by atoms with E-state index < -0.39 is 0 Å². The number of amides is 2. The first kappa shape index (κ1) is 15.5. The Labute approximate surface area is 132 Å². The average Bonchev–Trinajstić information content (AvgIpc) is 2.89. The zero-order valence-electron chi connectivity index (χ0n) is 13.6. The third-order valence-electron chi connectivity index (χ3n) is 5.64. The molecule has 0 aromatic heterocycles. The molecule has 0 aromatic rings. The quantitative estimate of drug-likeness (QED) is 0.783. The van der Waals surface area contributed by atoms with Crippen molar-refractivity contribution in [3.05, 3.63) is 11.8 Å². The van der Waals surface area contributed by atoms with E-state index in [1.165, 1.54) is 37.8 Å². The highest BCUT2D eigenvalue weighted by atomic mass is 16.2. The summed E-state index contributed by atoms with van der Waals surface area (Å²) in [5.41, 5.74) is 4.75. The molecule has 2 unspecified atom stereocenters. The lowest BCUT2D eigenvalue weighted by atomic mass is 9.79. The van der Waals surface area contributed by atoms with Crippen molar-refractivity contribution in [1.29, 1.82) is 0 Å². The minimum atomic E-state index is -0.144. The van der Waals surface area contributed by atoms with Crippen LogP contribution in [0.2, 0.25) is 0 Å². The van der Waals surface area contributed by atoms with E-state index in [2.05, 4.69) is 28.8 Å². The van der Waals surface area contributed by atoms with Crippen LogP contribution >= 0.6 is 0 Å². The Morgan fingerprint density at radius 2 is 1.91 bits per heavy atom. The van der Waals surface area contributed by atoms with Gasteiger partial charge in [-0.25, -0.2) is 5.43 Å². The van der Waals surface area contributed by atoms with Gasteiger partial charge < -0.3 is 5.01 Å². The topological polar surface area (TPSA) is 61.4 Å². The van der Waals surface area contributed by atoms with Gasteiger partial charge in [-0.15, -0.1) is 0 Å². The third-order valence-corrected chi connectivity index (χ3v) is 5.64. The largest absolute Gasteiger partial charge is 0.315 e. The summed E-state index contributed by atoms with van der Waals surface area (Å²) in [6.07, 6.45) is 9.74. The molecule has 0 bridgehead atoms. The van der Waals surface area contributed by atoms with Crippen molar-refractivity contribution in [1.82, 2.24) is 15.8 Å². The Balaban J connectivity index is 1.65. The normalized spacial score (nSPS) is 36.3. The van der Waals surface area contributed by atoms with Crippen molar-refractivity contribution in [3.63, 3.8) is 0 Å². The Bertz CT molecular complexity index is 480. The fourth-order valence-corrected chi connectivity index (χ4v) is 4.17. The molecule has 2 fully saturated rings. The van der Waals surface area contributed by atoms with E-state index in [9.17, 15) is 9.59 Å². The molecule has 2 aliphatic heterocycles. The molecule has 1 saturated heterocycles. The van der Waals surface area contributed by atoms with Crippen molar-refractivity contribution in [3.8, 4) is 0 Å². The van der Waals surface area contributed by atoms with Gasteiger partial charge in [0.2, 0.25) is 11.8 Å². The molecule has 3 aliphatic rings. The number of hydrazine groups is 1. The number of rotatable bonds is 3. The number of imide groups is 1. The predicted molar refractivity (Wildman–Crippen MR) is 84.4 cm³/mol. The number of carbonyl (C=O) groups is 2. The molecule has 22 heavy (non-hydrogen) atoms. The van der Waals surface area contributed by atoms with Crippen LogP contribution in [0.1, 0.15) is 51.9 Å². The fraction of sp³-hybridized carbons (Fsp3) is 0.765. The summed E-state index contributed by atoms with van der Waals surface area (Å²) < 4.78 is 0. The maximum atomic E-state index is 12.0. The van der Waals surface area contributed by atoms with Crippen molar-refractivity contribution < 1.29 is 9.59 Å². The fourth-order valence-electron chi connectivity index (χ4n) is 4.17. The summed E-state index contributed by atoms with van der Waals surface area (Å²) >= 11 is 0. The summed E-state index contributed by atoms with van der Waals surface area (Å²) in [5, 5.41) is 4.57. The van der Waals surface area contributed by atoms with Crippen LogP contribution in [0.3, 0.4) is 0 Å². The van der Waals surface area contributed by atoms with Crippen LogP contribution in [-0.2, 0) is 9.59 Å². The van der Waals surface area contributed by atoms with Crippen molar-refractivity contribution >= 4 is 11.8 Å². The highest BCUT2D eigenvalue weighted by molar-refractivity contribution is 5.99. The van der Waals surface area contributed by atoms with Crippen LogP contribution < -0.4 is 10.7 Å². The molecule has 5 heteroatoms. The molecule has 3 rings (SSSR count). The molecule has 1 saturated carbocycles. The van der Waals surface area contributed by atoms with Crippen molar-refractivity contribution in [2.24, 2.45) is 17.8 Å². The Morgan fingerprint density at radius 3 is 2.55 bits per heavy atom. The summed E-state index contributed by atoms with van der Waals surface area (Å²) in [7, 11) is 2.05. The monoisotopic (exact) mass is 305 g/mol. The van der Waals surface area contributed by atoms with Crippen LogP contribution in [0, 0.1) is 17.8 Å². The first-order valence-corrected chi connectivity index (χ1v) is 8.63. The highest BCUT2D eigenvalue weighted by Gasteiger charge is 2.37. The predicted octanol–water partition coefficient (Wildman–Crippen LogP) is 1.96. The average molecular weight is 305 g/mol. The van der Waals surface area contributed by atoms with Crippen LogP contribution in [0.15, 0.2) is 11.8 Å². The number of hydrogen-bond acceptors (Lipinski definition) is 4. The van der Waals surface area contributed by atoms with Gasteiger partial charge >= 0.3 is 0 Å². The van der Waals surface area contributed by atoms with Crippen molar-refractivity contribution in [2.45, 2.75) is 57.9 Å². The first-order chi connectivity index (χ1) is 10.6. The maximum absolute atomic E-state index is 12.0. The standard InChI is InChI=1S/C17H27N3O2/c1-3-11-4-6-12(7-5-11)15-10-14(19-20(15)2)13-8-9-16(21)18-17(13)22/h10-14,19H,3-9H2,1-2H3,(H,18,21,22). The van der Waals surface area contributed by atoms with Crippen LogP contribution in [0.25, 0.3) is 0 Å². The summed E-state index contributed by atoms with van der Waals surface area (Å²) in [6.45, 7) is 2.28. The second-order valence-electron chi connectivity index (χ2n) is 6.99. The maximum Gasteiger partial charge on any atom is 0.231 e. The van der Waals surface area contributed by atoms with Crippen LogP contribution in [0.4, 0.5) is 0 Å². The Hall–Kier alpha value is -1.36. The molecule has 2 atom stereocenters. The van der Waals surface area contributed by atoms with Gasteiger partial charge in [0, 0.05) is 25.1 Å². The van der Waals surface area contributed by atoms with Gasteiger partial charge in [0.15, 0.2) is 0 Å². The summed E-state index contributed by atoms with van der Waals surface area (Å²) in [4.78, 5) is 23.3. The number of hydrogen-bond donors (Lipinski definition) is 2. The summed E-state index contributed by atoms with van der Waals surface area (Å²) in [6, 6.07) is 0.0250. The number of nitrogens with one attached hydrogen (secondary N) is 2. The van der Waals surface area contributed by atoms with Gasteiger partial charge in [-0.3, -0.25) is 14.9 Å². The molecule has 0 spiro atoms.